The molecule has 0 aliphatic carbocycles. The lowest BCUT2D eigenvalue weighted by Crippen LogP contribution is -2.32. The molecule has 0 saturated carbocycles. The number of hydrogen-bond donors (Lipinski definition) is 1. The second kappa shape index (κ2) is 8.27. The van der Waals surface area contributed by atoms with E-state index in [0.29, 0.717) is 11.3 Å². The van der Waals surface area contributed by atoms with Gasteiger partial charge in [-0.25, -0.2) is 0 Å². The van der Waals surface area contributed by atoms with Crippen LogP contribution in [0.3, 0.4) is 0 Å². The van der Waals surface area contributed by atoms with Crippen molar-refractivity contribution < 1.29 is 24.2 Å². The van der Waals surface area contributed by atoms with Crippen molar-refractivity contribution in [2.24, 2.45) is 0 Å². The van der Waals surface area contributed by atoms with E-state index < -0.39 is 17.7 Å². The number of methoxy groups -OCH3 is 2. The maximum Gasteiger partial charge on any atom is 0.295 e. The highest BCUT2D eigenvalue weighted by atomic mass is 16.5. The largest absolute Gasteiger partial charge is 0.507 e. The fourth-order valence-corrected chi connectivity index (χ4v) is 3.46. The van der Waals surface area contributed by atoms with Crippen LogP contribution in [0.5, 0.6) is 5.75 Å². The smallest absolute Gasteiger partial charge is 0.295 e. The molecule has 1 saturated heterocycles. The molecule has 146 valence electrons. The molecule has 28 heavy (non-hydrogen) atoms. The van der Waals surface area contributed by atoms with Gasteiger partial charge in [0.25, 0.3) is 11.7 Å². The normalized spacial score (nSPS) is 18.5. The van der Waals surface area contributed by atoms with Gasteiger partial charge in [0.1, 0.15) is 11.5 Å². The van der Waals surface area contributed by atoms with Gasteiger partial charge in [-0.15, -0.1) is 0 Å². The van der Waals surface area contributed by atoms with Crippen molar-refractivity contribution in [2.75, 3.05) is 27.4 Å². The number of hydrogen-bond acceptors (Lipinski definition) is 5. The van der Waals surface area contributed by atoms with E-state index in [1.54, 1.807) is 25.3 Å². The number of carbonyl (C=O) groups excluding carboxylic acids is 2. The quantitative estimate of drug-likeness (QED) is 0.473. The number of likely N-dealkylation sites (tertiary alicyclic amines) is 1. The molecule has 1 N–H and O–H groups in total. The average molecular weight is 381 g/mol. The number of carbonyl (C=O) groups is 2. The van der Waals surface area contributed by atoms with Gasteiger partial charge >= 0.3 is 0 Å². The third-order valence-electron chi connectivity index (χ3n) is 4.88. The number of benzene rings is 2. The summed E-state index contributed by atoms with van der Waals surface area (Å²) in [7, 11) is 3.10. The molecule has 0 bridgehead atoms. The van der Waals surface area contributed by atoms with E-state index in [4.69, 9.17) is 9.47 Å². The summed E-state index contributed by atoms with van der Waals surface area (Å²) in [6.45, 7) is 2.35. The Kier molecular flexibility index (Phi) is 5.80. The summed E-state index contributed by atoms with van der Waals surface area (Å²) in [5.41, 5.74) is 2.07. The summed E-state index contributed by atoms with van der Waals surface area (Å²) in [6, 6.07) is 13.7. The Hall–Kier alpha value is -3.12. The van der Waals surface area contributed by atoms with Crippen molar-refractivity contribution >= 4 is 17.4 Å². The summed E-state index contributed by atoms with van der Waals surface area (Å²) in [5.74, 6) is -0.877. The topological polar surface area (TPSA) is 76.1 Å². The minimum Gasteiger partial charge on any atom is -0.507 e. The molecular weight excluding hydrogens is 358 g/mol. The Balaban J connectivity index is 2.16. The third-order valence-corrected chi connectivity index (χ3v) is 4.88. The van der Waals surface area contributed by atoms with Gasteiger partial charge in [0.2, 0.25) is 0 Å². The number of rotatable bonds is 6. The first-order chi connectivity index (χ1) is 13.5. The van der Waals surface area contributed by atoms with Crippen molar-refractivity contribution in [1.82, 2.24) is 4.90 Å². The second-order valence-corrected chi connectivity index (χ2v) is 6.58. The lowest BCUT2D eigenvalue weighted by atomic mass is 9.94. The van der Waals surface area contributed by atoms with Crippen molar-refractivity contribution in [3.63, 3.8) is 0 Å². The van der Waals surface area contributed by atoms with E-state index >= 15 is 0 Å². The first-order valence-corrected chi connectivity index (χ1v) is 8.97. The summed E-state index contributed by atoms with van der Waals surface area (Å²) < 4.78 is 10.3. The van der Waals surface area contributed by atoms with Crippen LogP contribution >= 0.6 is 0 Å². The molecule has 0 aromatic heterocycles. The maximum atomic E-state index is 12.8. The molecule has 1 aliphatic rings. The highest BCUT2D eigenvalue weighted by Crippen LogP contribution is 2.39. The van der Waals surface area contributed by atoms with Crippen molar-refractivity contribution in [2.45, 2.75) is 13.0 Å². The van der Waals surface area contributed by atoms with Crippen molar-refractivity contribution in [3.8, 4) is 5.75 Å². The Morgan fingerprint density at radius 1 is 1.11 bits per heavy atom. The zero-order valence-corrected chi connectivity index (χ0v) is 16.1. The zero-order valence-electron chi connectivity index (χ0n) is 16.1. The summed E-state index contributed by atoms with van der Waals surface area (Å²) in [4.78, 5) is 27.0. The molecule has 0 radical (unpaired) electrons. The zero-order chi connectivity index (χ0) is 20.3. The number of ether oxygens (including phenoxy) is 2. The number of nitrogens with zero attached hydrogens (tertiary/aromatic N) is 1. The van der Waals surface area contributed by atoms with Gasteiger partial charge in [-0.2, -0.15) is 0 Å². The van der Waals surface area contributed by atoms with Gasteiger partial charge < -0.3 is 19.5 Å². The van der Waals surface area contributed by atoms with Crippen LogP contribution in [-0.2, 0) is 14.3 Å². The molecule has 6 heteroatoms. The SMILES string of the molecule is COCCN1C(=O)C(=O)C(=C(O)c2ccc(OC)cc2C)C1c1ccccc1. The van der Waals surface area contributed by atoms with Gasteiger partial charge in [0.05, 0.1) is 25.3 Å². The molecular formula is C22H23NO5. The molecule has 1 aliphatic heterocycles. The second-order valence-electron chi connectivity index (χ2n) is 6.58. The van der Waals surface area contributed by atoms with Crippen LogP contribution < -0.4 is 4.74 Å². The first kappa shape index (κ1) is 19.6. The fraction of sp³-hybridized carbons (Fsp3) is 0.273. The van der Waals surface area contributed by atoms with E-state index in [1.807, 2.05) is 37.3 Å². The minimum atomic E-state index is -0.697. The number of aryl methyl sites for hydroxylation is 1. The van der Waals surface area contributed by atoms with Crippen LogP contribution in [0.25, 0.3) is 5.76 Å². The molecule has 1 amide bonds. The van der Waals surface area contributed by atoms with Gasteiger partial charge in [-0.3, -0.25) is 9.59 Å². The molecule has 1 fully saturated rings. The highest BCUT2D eigenvalue weighted by molar-refractivity contribution is 6.46. The predicted octanol–water partition coefficient (Wildman–Crippen LogP) is 3.07. The fourth-order valence-electron chi connectivity index (χ4n) is 3.46. The minimum absolute atomic E-state index is 0.0839. The third kappa shape index (κ3) is 3.51. The number of aliphatic hydroxyl groups is 1. The van der Waals surface area contributed by atoms with Crippen LogP contribution in [0.2, 0.25) is 0 Å². The van der Waals surface area contributed by atoms with Gasteiger partial charge in [-0.05, 0) is 36.2 Å². The first-order valence-electron chi connectivity index (χ1n) is 8.97. The van der Waals surface area contributed by atoms with E-state index in [0.717, 1.165) is 11.1 Å². The number of amides is 1. The van der Waals surface area contributed by atoms with Crippen LogP contribution in [0.15, 0.2) is 54.1 Å². The lowest BCUT2D eigenvalue weighted by Gasteiger charge is -2.25. The Bertz CT molecular complexity index is 920. The average Bonchev–Trinajstić information content (AvgIpc) is 2.97. The van der Waals surface area contributed by atoms with Crippen molar-refractivity contribution in [3.05, 3.63) is 70.8 Å². The molecule has 1 atom stereocenters. The van der Waals surface area contributed by atoms with E-state index in [2.05, 4.69) is 0 Å². The van der Waals surface area contributed by atoms with Gasteiger partial charge in [0.15, 0.2) is 0 Å². The molecule has 1 unspecified atom stereocenters. The Labute approximate surface area is 164 Å². The Morgan fingerprint density at radius 2 is 1.82 bits per heavy atom. The highest BCUT2D eigenvalue weighted by Gasteiger charge is 2.45. The summed E-state index contributed by atoms with van der Waals surface area (Å²) in [6.07, 6.45) is 0. The van der Waals surface area contributed by atoms with Crippen LogP contribution in [0, 0.1) is 6.92 Å². The van der Waals surface area contributed by atoms with Crippen molar-refractivity contribution in [1.29, 1.82) is 0 Å². The van der Waals surface area contributed by atoms with E-state index in [-0.39, 0.29) is 24.5 Å². The standard InChI is InChI=1S/C22H23NO5/c1-14-13-16(28-3)9-10-17(14)20(24)18-19(15-7-5-4-6-8-15)23(11-12-27-2)22(26)21(18)25/h4-10,13,19,24H,11-12H2,1-3H3. The van der Waals surface area contributed by atoms with Gasteiger partial charge in [0, 0.05) is 19.2 Å². The molecule has 6 nitrogen and oxygen atoms in total. The van der Waals surface area contributed by atoms with E-state index in [9.17, 15) is 14.7 Å². The predicted molar refractivity (Wildman–Crippen MR) is 105 cm³/mol. The molecule has 2 aromatic rings. The monoisotopic (exact) mass is 381 g/mol. The summed E-state index contributed by atoms with van der Waals surface area (Å²) >= 11 is 0. The van der Waals surface area contributed by atoms with E-state index in [1.165, 1.54) is 12.0 Å². The number of Topliss-reactive ketones (excluding diaryl/α,β-unsaturated/α-hetero) is 1. The summed E-state index contributed by atoms with van der Waals surface area (Å²) in [5, 5.41) is 11.0. The molecule has 1 heterocycles. The van der Waals surface area contributed by atoms with Crippen LogP contribution in [0.1, 0.15) is 22.7 Å². The molecule has 3 rings (SSSR count). The number of aliphatic hydroxyl groups excluding tert-OH is 1. The number of ketones is 1. The maximum absolute atomic E-state index is 12.8. The van der Waals surface area contributed by atoms with Crippen LogP contribution in [-0.4, -0.2) is 49.1 Å². The lowest BCUT2D eigenvalue weighted by molar-refractivity contribution is -0.140. The molecule has 2 aromatic carbocycles. The van der Waals surface area contributed by atoms with Crippen LogP contribution in [0.4, 0.5) is 0 Å². The molecule has 0 spiro atoms. The van der Waals surface area contributed by atoms with Gasteiger partial charge in [-0.1, -0.05) is 30.3 Å². The Morgan fingerprint density at radius 3 is 2.43 bits per heavy atom.